The lowest BCUT2D eigenvalue weighted by atomic mass is 10.1. The van der Waals surface area contributed by atoms with Crippen LogP contribution in [0, 0.1) is 0 Å². The summed E-state index contributed by atoms with van der Waals surface area (Å²) in [5, 5.41) is 3.04. The molecule has 1 fully saturated rings. The van der Waals surface area contributed by atoms with Gasteiger partial charge in [0.15, 0.2) is 0 Å². The van der Waals surface area contributed by atoms with E-state index in [4.69, 9.17) is 21.1 Å². The summed E-state index contributed by atoms with van der Waals surface area (Å²) in [7, 11) is 1.25. The molecule has 1 heterocycles. The number of benzene rings is 1. The zero-order valence-corrected chi connectivity index (χ0v) is 16.1. The number of likely N-dealkylation sites (tertiary alicyclic amines) is 1. The first-order valence-corrected chi connectivity index (χ1v) is 8.68. The van der Waals surface area contributed by atoms with Gasteiger partial charge in [-0.1, -0.05) is 11.6 Å². The first-order chi connectivity index (χ1) is 12.1. The molecule has 0 spiro atoms. The highest BCUT2D eigenvalue weighted by Gasteiger charge is 2.37. The number of hydrogen-bond acceptors (Lipinski definition) is 5. The first kappa shape index (κ1) is 20.0. The van der Waals surface area contributed by atoms with Gasteiger partial charge in [-0.2, -0.15) is 0 Å². The van der Waals surface area contributed by atoms with Gasteiger partial charge < -0.3 is 14.8 Å². The van der Waals surface area contributed by atoms with E-state index in [2.05, 4.69) is 5.32 Å². The molecule has 1 aromatic rings. The SMILES string of the molecule is COC(=O)c1cc(Cl)ccc1NC(=O)[C@@H]1CCCN1C(=O)OC(C)(C)C. The summed E-state index contributed by atoms with van der Waals surface area (Å²) in [6.45, 7) is 5.75. The molecule has 7 nitrogen and oxygen atoms in total. The molecule has 0 unspecified atom stereocenters. The Labute approximate surface area is 157 Å². The molecule has 2 rings (SSSR count). The Hall–Kier alpha value is -2.28. The molecule has 8 heteroatoms. The molecule has 1 atom stereocenters. The number of carbonyl (C=O) groups excluding carboxylic acids is 3. The molecule has 1 saturated heterocycles. The first-order valence-electron chi connectivity index (χ1n) is 8.30. The average Bonchev–Trinajstić information content (AvgIpc) is 3.04. The average molecular weight is 383 g/mol. The molecular weight excluding hydrogens is 360 g/mol. The minimum atomic E-state index is -0.661. The Morgan fingerprint density at radius 1 is 1.27 bits per heavy atom. The van der Waals surface area contributed by atoms with Crippen LogP contribution in [0.2, 0.25) is 5.02 Å². The molecule has 0 saturated carbocycles. The van der Waals surface area contributed by atoms with Crippen molar-refractivity contribution in [2.24, 2.45) is 0 Å². The molecule has 0 aliphatic carbocycles. The fraction of sp³-hybridized carbons (Fsp3) is 0.500. The van der Waals surface area contributed by atoms with Crippen molar-refractivity contribution in [1.82, 2.24) is 4.90 Å². The van der Waals surface area contributed by atoms with E-state index in [1.807, 2.05) is 0 Å². The number of methoxy groups -OCH3 is 1. The van der Waals surface area contributed by atoms with Gasteiger partial charge in [0.2, 0.25) is 5.91 Å². The Kier molecular flexibility index (Phi) is 6.13. The highest BCUT2D eigenvalue weighted by atomic mass is 35.5. The Bertz CT molecular complexity index is 714. The highest BCUT2D eigenvalue weighted by Crippen LogP contribution is 2.25. The van der Waals surface area contributed by atoms with Crippen molar-refractivity contribution in [3.05, 3.63) is 28.8 Å². The number of carbonyl (C=O) groups is 3. The molecule has 0 radical (unpaired) electrons. The molecule has 0 aromatic heterocycles. The predicted molar refractivity (Wildman–Crippen MR) is 97.4 cm³/mol. The van der Waals surface area contributed by atoms with Gasteiger partial charge in [-0.05, 0) is 51.8 Å². The Balaban J connectivity index is 2.17. The van der Waals surface area contributed by atoms with Crippen LogP contribution in [0.1, 0.15) is 44.0 Å². The summed E-state index contributed by atoms with van der Waals surface area (Å²) >= 11 is 5.92. The summed E-state index contributed by atoms with van der Waals surface area (Å²) in [5.41, 5.74) is -0.216. The van der Waals surface area contributed by atoms with Crippen LogP contribution < -0.4 is 5.32 Å². The zero-order chi connectivity index (χ0) is 19.5. The molecule has 2 amide bonds. The second-order valence-corrected chi connectivity index (χ2v) is 7.44. The van der Waals surface area contributed by atoms with E-state index in [0.29, 0.717) is 24.4 Å². The quantitative estimate of drug-likeness (QED) is 0.809. The normalized spacial score (nSPS) is 17.0. The highest BCUT2D eigenvalue weighted by molar-refractivity contribution is 6.31. The second kappa shape index (κ2) is 7.95. The van der Waals surface area contributed by atoms with Crippen LogP contribution >= 0.6 is 11.6 Å². The maximum atomic E-state index is 12.7. The van der Waals surface area contributed by atoms with Crippen molar-refractivity contribution < 1.29 is 23.9 Å². The summed E-state index contributed by atoms with van der Waals surface area (Å²) in [6, 6.07) is 3.85. The van der Waals surface area contributed by atoms with E-state index >= 15 is 0 Å². The van der Waals surface area contributed by atoms with Crippen LogP contribution in [0.4, 0.5) is 10.5 Å². The van der Waals surface area contributed by atoms with Crippen LogP contribution in [-0.4, -0.2) is 48.2 Å². The Morgan fingerprint density at radius 3 is 2.58 bits per heavy atom. The standard InChI is InChI=1S/C18H23ClN2O5/c1-18(2,3)26-17(24)21-9-5-6-14(21)15(22)20-13-8-7-11(19)10-12(13)16(23)25-4/h7-8,10,14H,5-6,9H2,1-4H3,(H,20,22)/t14-/m0/s1. The predicted octanol–water partition coefficient (Wildman–Crippen LogP) is 3.46. The largest absolute Gasteiger partial charge is 0.465 e. The number of esters is 1. The molecule has 1 aromatic carbocycles. The molecule has 142 valence electrons. The van der Waals surface area contributed by atoms with Crippen molar-refractivity contribution in [2.45, 2.75) is 45.3 Å². The van der Waals surface area contributed by atoms with Crippen molar-refractivity contribution in [1.29, 1.82) is 0 Å². The van der Waals surface area contributed by atoms with Gasteiger partial charge in [0, 0.05) is 11.6 Å². The smallest absolute Gasteiger partial charge is 0.410 e. The maximum absolute atomic E-state index is 12.7. The van der Waals surface area contributed by atoms with E-state index in [9.17, 15) is 14.4 Å². The minimum absolute atomic E-state index is 0.148. The summed E-state index contributed by atoms with van der Waals surface area (Å²) in [6.07, 6.45) is 0.688. The van der Waals surface area contributed by atoms with Crippen molar-refractivity contribution in [2.75, 3.05) is 19.0 Å². The van der Waals surface area contributed by atoms with Crippen molar-refractivity contribution in [3.63, 3.8) is 0 Å². The van der Waals surface area contributed by atoms with Gasteiger partial charge in [0.1, 0.15) is 11.6 Å². The van der Waals surface area contributed by atoms with Gasteiger partial charge >= 0.3 is 12.1 Å². The van der Waals surface area contributed by atoms with Gasteiger partial charge in [0.05, 0.1) is 18.4 Å². The third-order valence-corrected chi connectivity index (χ3v) is 4.06. The van der Waals surface area contributed by atoms with Gasteiger partial charge in [-0.25, -0.2) is 9.59 Å². The molecular formula is C18H23ClN2O5. The molecule has 1 N–H and O–H groups in total. The maximum Gasteiger partial charge on any atom is 0.410 e. The third kappa shape index (κ3) is 4.88. The number of rotatable bonds is 3. The molecule has 1 aliphatic rings. The monoisotopic (exact) mass is 382 g/mol. The van der Waals surface area contributed by atoms with Crippen LogP contribution in [-0.2, 0) is 14.3 Å². The summed E-state index contributed by atoms with van der Waals surface area (Å²) in [5.74, 6) is -1.00. The summed E-state index contributed by atoms with van der Waals surface area (Å²) < 4.78 is 10.1. The fourth-order valence-electron chi connectivity index (χ4n) is 2.70. The van der Waals surface area contributed by atoms with Crippen LogP contribution in [0.15, 0.2) is 18.2 Å². The number of ether oxygens (including phenoxy) is 2. The topological polar surface area (TPSA) is 84.9 Å². The number of amides is 2. The number of halogens is 1. The molecule has 1 aliphatic heterocycles. The second-order valence-electron chi connectivity index (χ2n) is 7.00. The molecule has 26 heavy (non-hydrogen) atoms. The van der Waals surface area contributed by atoms with Crippen LogP contribution in [0.5, 0.6) is 0 Å². The number of hydrogen-bond donors (Lipinski definition) is 1. The van der Waals surface area contributed by atoms with Crippen molar-refractivity contribution >= 4 is 35.3 Å². The number of anilines is 1. The van der Waals surface area contributed by atoms with Crippen molar-refractivity contribution in [3.8, 4) is 0 Å². The van der Waals surface area contributed by atoms with E-state index in [-0.39, 0.29) is 17.2 Å². The minimum Gasteiger partial charge on any atom is -0.465 e. The van der Waals surface area contributed by atoms with E-state index in [1.54, 1.807) is 26.8 Å². The van der Waals surface area contributed by atoms with Crippen LogP contribution in [0.3, 0.4) is 0 Å². The zero-order valence-electron chi connectivity index (χ0n) is 15.3. The van der Waals surface area contributed by atoms with E-state index in [0.717, 1.165) is 0 Å². The molecule has 0 bridgehead atoms. The van der Waals surface area contributed by atoms with E-state index < -0.39 is 23.7 Å². The Morgan fingerprint density at radius 2 is 1.96 bits per heavy atom. The third-order valence-electron chi connectivity index (χ3n) is 3.83. The number of nitrogens with zero attached hydrogens (tertiary/aromatic N) is 1. The van der Waals surface area contributed by atoms with Gasteiger partial charge in [-0.3, -0.25) is 9.69 Å². The number of nitrogens with one attached hydrogen (secondary N) is 1. The van der Waals surface area contributed by atoms with Gasteiger partial charge in [0.25, 0.3) is 0 Å². The van der Waals surface area contributed by atoms with Gasteiger partial charge in [-0.15, -0.1) is 0 Å². The van der Waals surface area contributed by atoms with E-state index in [1.165, 1.54) is 24.1 Å². The lowest BCUT2D eigenvalue weighted by Crippen LogP contribution is -2.45. The van der Waals surface area contributed by atoms with Crippen LogP contribution in [0.25, 0.3) is 0 Å². The lowest BCUT2D eigenvalue weighted by Gasteiger charge is -2.28. The fourth-order valence-corrected chi connectivity index (χ4v) is 2.87. The lowest BCUT2D eigenvalue weighted by molar-refractivity contribution is -0.120. The summed E-state index contributed by atoms with van der Waals surface area (Å²) in [4.78, 5) is 38.3.